The van der Waals surface area contributed by atoms with Gasteiger partial charge in [0, 0.05) is 23.5 Å². The van der Waals surface area contributed by atoms with E-state index in [1.54, 1.807) is 0 Å². The van der Waals surface area contributed by atoms with E-state index in [1.807, 2.05) is 0 Å². The minimum atomic E-state index is 0.0583. The van der Waals surface area contributed by atoms with Crippen LogP contribution in [0.4, 0.5) is 0 Å². The third-order valence-corrected chi connectivity index (χ3v) is 10.7. The summed E-state index contributed by atoms with van der Waals surface area (Å²) in [6.07, 6.45) is 16.7. The van der Waals surface area contributed by atoms with Crippen molar-refractivity contribution in [3.63, 3.8) is 0 Å². The van der Waals surface area contributed by atoms with Gasteiger partial charge in [-0.3, -0.25) is 4.90 Å². The summed E-state index contributed by atoms with van der Waals surface area (Å²) < 4.78 is 0. The molecule has 4 heterocycles. The number of rotatable bonds is 8. The van der Waals surface area contributed by atoms with Crippen LogP contribution in [0.2, 0.25) is 0 Å². The molecule has 0 aromatic rings. The number of piperidine rings is 4. The lowest BCUT2D eigenvalue weighted by Gasteiger charge is -2.54. The van der Waals surface area contributed by atoms with Crippen molar-refractivity contribution < 1.29 is 0 Å². The molecular weight excluding hydrogens is 490 g/mol. The van der Waals surface area contributed by atoms with Gasteiger partial charge < -0.3 is 19.6 Å². The first-order chi connectivity index (χ1) is 19.1. The molecule has 228 valence electrons. The van der Waals surface area contributed by atoms with E-state index >= 15 is 0 Å². The number of likely N-dealkylation sites (tertiary alicyclic amines) is 4. The van der Waals surface area contributed by atoms with Crippen LogP contribution in [0.15, 0.2) is 12.2 Å². The highest BCUT2D eigenvalue weighted by Gasteiger charge is 2.44. The SMILES string of the molecule is CN1CCC(C(C2CCN(C)CC2)C(CC=CC#CC(C)(C)C)N(C2CCN(C)CC2)C2CCN(C)CC2)CC1. The van der Waals surface area contributed by atoms with Gasteiger partial charge in [-0.05, 0) is 183 Å². The standard InChI is InChI=1S/C35H63N5/c1-35(2,3)20-10-8-9-11-33(34(29-12-21-36(4)22-13-29)30-14-23-37(5)24-15-30)40(31-16-25-38(6)26-17-31)32-18-27-39(7)28-19-32/h8-9,29-34H,11-19,21-28H2,1-7H3. The zero-order valence-corrected chi connectivity index (χ0v) is 27.4. The van der Waals surface area contributed by atoms with E-state index in [-0.39, 0.29) is 5.41 Å². The Hall–Kier alpha value is -0.900. The van der Waals surface area contributed by atoms with Crippen LogP contribution in [-0.2, 0) is 0 Å². The molecule has 0 bridgehead atoms. The number of hydrogen-bond donors (Lipinski definition) is 0. The molecule has 0 saturated carbocycles. The zero-order valence-electron chi connectivity index (χ0n) is 27.4. The first-order valence-electron chi connectivity index (χ1n) is 16.8. The van der Waals surface area contributed by atoms with Crippen LogP contribution < -0.4 is 0 Å². The van der Waals surface area contributed by atoms with Gasteiger partial charge in [0.1, 0.15) is 0 Å². The summed E-state index contributed by atoms with van der Waals surface area (Å²) in [4.78, 5) is 13.5. The molecule has 0 aromatic carbocycles. The van der Waals surface area contributed by atoms with Gasteiger partial charge in [0.05, 0.1) is 0 Å². The molecule has 1 unspecified atom stereocenters. The van der Waals surface area contributed by atoms with E-state index in [0.717, 1.165) is 29.8 Å². The highest BCUT2D eigenvalue weighted by Crippen LogP contribution is 2.43. The molecule has 0 aliphatic carbocycles. The molecule has 40 heavy (non-hydrogen) atoms. The quantitative estimate of drug-likeness (QED) is 0.386. The maximum Gasteiger partial charge on any atom is 0.0233 e. The highest BCUT2D eigenvalue weighted by molar-refractivity contribution is 5.19. The molecule has 0 amide bonds. The van der Waals surface area contributed by atoms with Crippen LogP contribution in [0.25, 0.3) is 0 Å². The van der Waals surface area contributed by atoms with Gasteiger partial charge >= 0.3 is 0 Å². The van der Waals surface area contributed by atoms with Gasteiger partial charge in [0.25, 0.3) is 0 Å². The number of allylic oxidation sites excluding steroid dienone is 1. The fraction of sp³-hybridized carbons (Fsp3) is 0.886. The third-order valence-electron chi connectivity index (χ3n) is 10.7. The first kappa shape index (κ1) is 32.0. The van der Waals surface area contributed by atoms with Crippen molar-refractivity contribution in [3.05, 3.63) is 12.2 Å². The second-order valence-corrected chi connectivity index (χ2v) is 15.1. The Bertz CT molecular complexity index is 728. The average Bonchev–Trinajstić information content (AvgIpc) is 2.92. The van der Waals surface area contributed by atoms with Crippen molar-refractivity contribution >= 4 is 0 Å². The van der Waals surface area contributed by atoms with Gasteiger partial charge in [-0.1, -0.05) is 17.9 Å². The van der Waals surface area contributed by atoms with Crippen LogP contribution in [0.1, 0.15) is 78.6 Å². The second kappa shape index (κ2) is 15.0. The molecule has 0 aromatic heterocycles. The predicted octanol–water partition coefficient (Wildman–Crippen LogP) is 5.14. The zero-order chi connectivity index (χ0) is 28.7. The Morgan fingerprint density at radius 2 is 1.02 bits per heavy atom. The summed E-state index contributed by atoms with van der Waals surface area (Å²) >= 11 is 0. The summed E-state index contributed by atoms with van der Waals surface area (Å²) in [6, 6.07) is 2.09. The summed E-state index contributed by atoms with van der Waals surface area (Å²) in [6.45, 7) is 16.7. The molecule has 5 heteroatoms. The Morgan fingerprint density at radius 1 is 0.650 bits per heavy atom. The third kappa shape index (κ3) is 9.30. The largest absolute Gasteiger partial charge is 0.306 e. The normalized spacial score (nSPS) is 26.1. The van der Waals surface area contributed by atoms with Crippen molar-refractivity contribution in [2.24, 2.45) is 23.2 Å². The predicted molar refractivity (Wildman–Crippen MR) is 172 cm³/mol. The van der Waals surface area contributed by atoms with Crippen LogP contribution in [0.3, 0.4) is 0 Å². The van der Waals surface area contributed by atoms with Gasteiger partial charge in [0.2, 0.25) is 0 Å². The number of nitrogens with zero attached hydrogens (tertiary/aromatic N) is 5. The van der Waals surface area contributed by atoms with Crippen molar-refractivity contribution in [2.75, 3.05) is 80.5 Å². The molecule has 4 aliphatic rings. The van der Waals surface area contributed by atoms with Crippen LogP contribution in [-0.4, -0.2) is 123 Å². The fourth-order valence-corrected chi connectivity index (χ4v) is 8.27. The van der Waals surface area contributed by atoms with Crippen molar-refractivity contribution in [1.29, 1.82) is 0 Å². The lowest BCUT2D eigenvalue weighted by Crippen LogP contribution is -2.59. The first-order valence-corrected chi connectivity index (χ1v) is 16.8. The maximum absolute atomic E-state index is 3.45. The van der Waals surface area contributed by atoms with Gasteiger partial charge in [0.15, 0.2) is 0 Å². The Kier molecular flexibility index (Phi) is 12.0. The van der Waals surface area contributed by atoms with Crippen LogP contribution in [0, 0.1) is 35.0 Å². The van der Waals surface area contributed by atoms with Crippen LogP contribution in [0.5, 0.6) is 0 Å². The smallest absolute Gasteiger partial charge is 0.0233 e. The van der Waals surface area contributed by atoms with Crippen molar-refractivity contribution in [1.82, 2.24) is 24.5 Å². The van der Waals surface area contributed by atoms with Crippen LogP contribution >= 0.6 is 0 Å². The fourth-order valence-electron chi connectivity index (χ4n) is 8.27. The molecule has 0 spiro atoms. The molecule has 4 aliphatic heterocycles. The van der Waals surface area contributed by atoms with Gasteiger partial charge in [-0.15, -0.1) is 0 Å². The highest BCUT2D eigenvalue weighted by atomic mass is 15.3. The molecule has 0 N–H and O–H groups in total. The second-order valence-electron chi connectivity index (χ2n) is 15.1. The minimum absolute atomic E-state index is 0.0583. The van der Waals surface area contributed by atoms with E-state index in [2.05, 4.69) is 97.5 Å². The lowest BCUT2D eigenvalue weighted by molar-refractivity contribution is -0.0446. The van der Waals surface area contributed by atoms with Gasteiger partial charge in [-0.2, -0.15) is 0 Å². The summed E-state index contributed by atoms with van der Waals surface area (Å²) in [5, 5.41) is 0. The molecule has 4 rings (SSSR count). The van der Waals surface area contributed by atoms with Crippen molar-refractivity contribution in [3.8, 4) is 11.8 Å². The maximum atomic E-state index is 3.45. The monoisotopic (exact) mass is 554 g/mol. The average molecular weight is 554 g/mol. The minimum Gasteiger partial charge on any atom is -0.306 e. The van der Waals surface area contributed by atoms with Crippen molar-refractivity contribution in [2.45, 2.75) is 96.7 Å². The molecule has 4 fully saturated rings. The molecular formula is C35H63N5. The topological polar surface area (TPSA) is 16.2 Å². The summed E-state index contributed by atoms with van der Waals surface area (Å²) in [7, 11) is 9.31. The molecule has 5 nitrogen and oxygen atoms in total. The molecule has 1 atom stereocenters. The summed E-state index contributed by atoms with van der Waals surface area (Å²) in [5.41, 5.74) is 0.0583. The Balaban J connectivity index is 1.70. The Morgan fingerprint density at radius 3 is 1.40 bits per heavy atom. The number of hydrogen-bond acceptors (Lipinski definition) is 5. The van der Waals surface area contributed by atoms with Gasteiger partial charge in [-0.25, -0.2) is 0 Å². The van der Waals surface area contributed by atoms with E-state index < -0.39 is 0 Å². The molecule has 0 radical (unpaired) electrons. The van der Waals surface area contributed by atoms with E-state index in [9.17, 15) is 0 Å². The lowest BCUT2D eigenvalue weighted by atomic mass is 9.67. The molecule has 4 saturated heterocycles. The Labute approximate surface area is 248 Å². The van der Waals surface area contributed by atoms with E-state index in [4.69, 9.17) is 0 Å². The van der Waals surface area contributed by atoms with E-state index in [1.165, 1.54) is 110 Å². The van der Waals surface area contributed by atoms with E-state index in [0.29, 0.717) is 6.04 Å². The summed E-state index contributed by atoms with van der Waals surface area (Å²) in [5.74, 6) is 9.37.